The average Bonchev–Trinajstić information content (AvgIpc) is 2.52. The van der Waals surface area contributed by atoms with Crippen LogP contribution in [0.15, 0.2) is 12.2 Å². The van der Waals surface area contributed by atoms with Crippen molar-refractivity contribution in [3.8, 4) is 0 Å². The standard InChI is InChI=1S/C11H16O5/c12-7-8-16-10(15)11(9(13)14)5-3-1-2-4-6-11/h3,5,12H,1-2,4,6-8H2,(H,13,14). The molecule has 0 fully saturated rings. The smallest absolute Gasteiger partial charge is 0.327 e. The van der Waals surface area contributed by atoms with Crippen molar-refractivity contribution >= 4 is 11.9 Å². The number of hydrogen-bond acceptors (Lipinski definition) is 4. The van der Waals surface area contributed by atoms with Crippen LogP contribution < -0.4 is 0 Å². The van der Waals surface area contributed by atoms with Gasteiger partial charge in [-0.3, -0.25) is 9.59 Å². The molecule has 0 aliphatic heterocycles. The molecule has 0 amide bonds. The van der Waals surface area contributed by atoms with Crippen molar-refractivity contribution in [1.29, 1.82) is 0 Å². The second-order valence-electron chi connectivity index (χ2n) is 3.78. The summed E-state index contributed by atoms with van der Waals surface area (Å²) in [7, 11) is 0. The van der Waals surface area contributed by atoms with E-state index in [4.69, 9.17) is 14.9 Å². The fraction of sp³-hybridized carbons (Fsp3) is 0.636. The normalized spacial score (nSPS) is 24.8. The lowest BCUT2D eigenvalue weighted by molar-refractivity contribution is -0.166. The number of carbonyl (C=O) groups excluding carboxylic acids is 1. The van der Waals surface area contributed by atoms with Crippen molar-refractivity contribution in [2.45, 2.75) is 25.7 Å². The highest BCUT2D eigenvalue weighted by Crippen LogP contribution is 2.32. The summed E-state index contributed by atoms with van der Waals surface area (Å²) in [5.74, 6) is -1.97. The van der Waals surface area contributed by atoms with E-state index >= 15 is 0 Å². The molecule has 0 bridgehead atoms. The number of carbonyl (C=O) groups is 2. The van der Waals surface area contributed by atoms with E-state index in [1.807, 2.05) is 0 Å². The van der Waals surface area contributed by atoms with Gasteiger partial charge in [0.15, 0.2) is 5.41 Å². The molecule has 0 aromatic carbocycles. The van der Waals surface area contributed by atoms with Crippen molar-refractivity contribution < 1.29 is 24.5 Å². The minimum atomic E-state index is -1.56. The first kappa shape index (κ1) is 12.7. The van der Waals surface area contributed by atoms with Gasteiger partial charge in [-0.05, 0) is 19.3 Å². The molecule has 0 aromatic rings. The van der Waals surface area contributed by atoms with Crippen LogP contribution in [-0.2, 0) is 14.3 Å². The largest absolute Gasteiger partial charge is 0.480 e. The van der Waals surface area contributed by atoms with Crippen molar-refractivity contribution in [2.24, 2.45) is 5.41 Å². The van der Waals surface area contributed by atoms with E-state index in [1.165, 1.54) is 6.08 Å². The molecule has 1 aliphatic rings. The van der Waals surface area contributed by atoms with Gasteiger partial charge in [0, 0.05) is 0 Å². The molecule has 5 nitrogen and oxygen atoms in total. The maximum Gasteiger partial charge on any atom is 0.327 e. The molecule has 2 N–H and O–H groups in total. The van der Waals surface area contributed by atoms with Gasteiger partial charge in [0.25, 0.3) is 0 Å². The molecule has 1 atom stereocenters. The third-order valence-corrected chi connectivity index (χ3v) is 2.66. The van der Waals surface area contributed by atoms with Crippen LogP contribution in [0.5, 0.6) is 0 Å². The zero-order valence-corrected chi connectivity index (χ0v) is 9.02. The number of allylic oxidation sites excluding steroid dienone is 1. The first-order valence-corrected chi connectivity index (χ1v) is 5.32. The number of carboxylic acids is 1. The zero-order valence-electron chi connectivity index (χ0n) is 9.02. The van der Waals surface area contributed by atoms with Gasteiger partial charge in [-0.25, -0.2) is 0 Å². The second kappa shape index (κ2) is 5.65. The van der Waals surface area contributed by atoms with Gasteiger partial charge >= 0.3 is 11.9 Å². The van der Waals surface area contributed by atoms with Crippen LogP contribution in [0.1, 0.15) is 25.7 Å². The number of carboxylic acid groups (broad SMARTS) is 1. The van der Waals surface area contributed by atoms with Gasteiger partial charge in [-0.15, -0.1) is 0 Å². The van der Waals surface area contributed by atoms with E-state index in [-0.39, 0.29) is 19.6 Å². The minimum absolute atomic E-state index is 0.165. The first-order chi connectivity index (χ1) is 7.63. The third kappa shape index (κ3) is 2.61. The van der Waals surface area contributed by atoms with Crippen LogP contribution in [0, 0.1) is 5.41 Å². The Labute approximate surface area is 93.7 Å². The lowest BCUT2D eigenvalue weighted by atomic mass is 9.83. The number of hydrogen-bond donors (Lipinski definition) is 2. The fourth-order valence-corrected chi connectivity index (χ4v) is 1.74. The molecule has 16 heavy (non-hydrogen) atoms. The molecule has 5 heteroatoms. The molecule has 0 aromatic heterocycles. The van der Waals surface area contributed by atoms with Crippen LogP contribution in [-0.4, -0.2) is 35.4 Å². The molecular weight excluding hydrogens is 212 g/mol. The molecule has 0 radical (unpaired) electrons. The average molecular weight is 228 g/mol. The second-order valence-corrected chi connectivity index (χ2v) is 3.78. The number of aliphatic hydroxyl groups is 1. The molecule has 90 valence electrons. The first-order valence-electron chi connectivity index (χ1n) is 5.32. The van der Waals surface area contributed by atoms with Crippen molar-refractivity contribution in [3.05, 3.63) is 12.2 Å². The molecule has 0 saturated heterocycles. The predicted octanol–water partition coefficient (Wildman–Crippen LogP) is 0.723. The predicted molar refractivity (Wildman–Crippen MR) is 55.7 cm³/mol. The molecule has 1 rings (SSSR count). The van der Waals surface area contributed by atoms with Crippen molar-refractivity contribution in [3.63, 3.8) is 0 Å². The van der Waals surface area contributed by atoms with Crippen molar-refractivity contribution in [2.75, 3.05) is 13.2 Å². The Kier molecular flexibility index (Phi) is 4.49. The Morgan fingerprint density at radius 1 is 1.38 bits per heavy atom. The zero-order chi connectivity index (χ0) is 12.0. The highest BCUT2D eigenvalue weighted by molar-refractivity contribution is 6.01. The van der Waals surface area contributed by atoms with Crippen LogP contribution in [0.25, 0.3) is 0 Å². The van der Waals surface area contributed by atoms with Gasteiger partial charge in [0.05, 0.1) is 6.61 Å². The lowest BCUT2D eigenvalue weighted by Crippen LogP contribution is -2.39. The summed E-state index contributed by atoms with van der Waals surface area (Å²) < 4.78 is 4.73. The highest BCUT2D eigenvalue weighted by Gasteiger charge is 2.45. The Morgan fingerprint density at radius 3 is 2.75 bits per heavy atom. The molecular formula is C11H16O5. The van der Waals surface area contributed by atoms with Crippen LogP contribution in [0.3, 0.4) is 0 Å². The van der Waals surface area contributed by atoms with Crippen LogP contribution in [0.4, 0.5) is 0 Å². The summed E-state index contributed by atoms with van der Waals surface area (Å²) in [6.45, 7) is -0.465. The number of rotatable bonds is 4. The Morgan fingerprint density at radius 2 is 2.12 bits per heavy atom. The summed E-state index contributed by atoms with van der Waals surface area (Å²) in [6, 6.07) is 0. The fourth-order valence-electron chi connectivity index (χ4n) is 1.74. The molecule has 1 unspecified atom stereocenters. The minimum Gasteiger partial charge on any atom is -0.480 e. The number of aliphatic carboxylic acids is 1. The van der Waals surface area contributed by atoms with Gasteiger partial charge in [-0.2, -0.15) is 0 Å². The summed E-state index contributed by atoms with van der Waals surface area (Å²) in [6.07, 6.45) is 5.71. The van der Waals surface area contributed by atoms with Crippen LogP contribution in [0.2, 0.25) is 0 Å². The number of ether oxygens (including phenoxy) is 1. The van der Waals surface area contributed by atoms with E-state index in [1.54, 1.807) is 6.08 Å². The quantitative estimate of drug-likeness (QED) is 0.421. The van der Waals surface area contributed by atoms with E-state index in [9.17, 15) is 9.59 Å². The van der Waals surface area contributed by atoms with E-state index < -0.39 is 17.4 Å². The maximum absolute atomic E-state index is 11.7. The Bertz CT molecular complexity index is 297. The number of esters is 1. The molecule has 0 heterocycles. The van der Waals surface area contributed by atoms with Crippen molar-refractivity contribution in [1.82, 2.24) is 0 Å². The molecule has 1 aliphatic carbocycles. The van der Waals surface area contributed by atoms with Crippen LogP contribution >= 0.6 is 0 Å². The third-order valence-electron chi connectivity index (χ3n) is 2.66. The summed E-state index contributed by atoms with van der Waals surface area (Å²) in [5.41, 5.74) is -1.56. The van der Waals surface area contributed by atoms with Gasteiger partial charge in [0.1, 0.15) is 6.61 Å². The Hall–Kier alpha value is -1.36. The topological polar surface area (TPSA) is 83.8 Å². The van der Waals surface area contributed by atoms with Gasteiger partial charge in [-0.1, -0.05) is 18.6 Å². The van der Waals surface area contributed by atoms with E-state index in [2.05, 4.69) is 0 Å². The highest BCUT2D eigenvalue weighted by atomic mass is 16.5. The van der Waals surface area contributed by atoms with Gasteiger partial charge < -0.3 is 14.9 Å². The number of aliphatic hydroxyl groups excluding tert-OH is 1. The Balaban J connectivity index is 2.86. The summed E-state index contributed by atoms with van der Waals surface area (Å²) >= 11 is 0. The summed E-state index contributed by atoms with van der Waals surface area (Å²) in [4.78, 5) is 22.9. The summed E-state index contributed by atoms with van der Waals surface area (Å²) in [5, 5.41) is 17.7. The monoisotopic (exact) mass is 228 g/mol. The molecule has 0 spiro atoms. The molecule has 0 saturated carbocycles. The SMILES string of the molecule is O=C(O)C1(C(=O)OCCO)C=CCCCC1. The lowest BCUT2D eigenvalue weighted by Gasteiger charge is -2.22. The van der Waals surface area contributed by atoms with E-state index in [0.29, 0.717) is 6.42 Å². The maximum atomic E-state index is 11.7. The van der Waals surface area contributed by atoms with E-state index in [0.717, 1.165) is 12.8 Å². The van der Waals surface area contributed by atoms with Gasteiger partial charge in [0.2, 0.25) is 0 Å².